The van der Waals surface area contributed by atoms with E-state index in [1.165, 1.54) is 11.3 Å². The molecule has 20 heavy (non-hydrogen) atoms. The third-order valence-electron chi connectivity index (χ3n) is 3.57. The molecule has 0 aliphatic carbocycles. The number of nitrogens with zero attached hydrogens (tertiary/aromatic N) is 2. The van der Waals surface area contributed by atoms with Crippen LogP contribution in [0.15, 0.2) is 24.3 Å². The van der Waals surface area contributed by atoms with Gasteiger partial charge in [-0.25, -0.2) is 4.98 Å². The molecule has 1 aliphatic rings. The average Bonchev–Trinajstić information content (AvgIpc) is 2.77. The summed E-state index contributed by atoms with van der Waals surface area (Å²) < 4.78 is 1.10. The number of carbonyl (C=O) groups excluding carboxylic acids is 1. The molecule has 6 heteroatoms. The Morgan fingerprint density at radius 1 is 1.50 bits per heavy atom. The minimum absolute atomic E-state index is 0.0119. The number of hydrogen-bond acceptors (Lipinski definition) is 5. The Hall–Kier alpha value is -1.50. The van der Waals surface area contributed by atoms with Crippen molar-refractivity contribution in [1.29, 1.82) is 0 Å². The fourth-order valence-corrected chi connectivity index (χ4v) is 3.18. The number of para-hydroxylation sites is 1. The van der Waals surface area contributed by atoms with Crippen LogP contribution in [0.5, 0.6) is 0 Å². The molecule has 1 amide bonds. The largest absolute Gasteiger partial charge is 0.314 e. The van der Waals surface area contributed by atoms with Gasteiger partial charge < -0.3 is 10.6 Å². The number of nitrogens with one attached hydrogen (secondary N) is 2. The number of likely N-dealkylation sites (N-methyl/N-ethyl adjacent to an activating group) is 1. The monoisotopic (exact) mass is 290 g/mol. The van der Waals surface area contributed by atoms with Crippen molar-refractivity contribution < 1.29 is 4.79 Å². The lowest BCUT2D eigenvalue weighted by Crippen LogP contribution is -2.58. The van der Waals surface area contributed by atoms with E-state index < -0.39 is 0 Å². The second-order valence-corrected chi connectivity index (χ2v) is 5.94. The molecular weight excluding hydrogens is 272 g/mol. The Kier molecular flexibility index (Phi) is 3.95. The van der Waals surface area contributed by atoms with E-state index in [1.807, 2.05) is 24.3 Å². The first kappa shape index (κ1) is 13.5. The molecule has 0 spiro atoms. The first-order valence-corrected chi connectivity index (χ1v) is 7.68. The van der Waals surface area contributed by atoms with Gasteiger partial charge in [-0.3, -0.25) is 9.69 Å². The maximum atomic E-state index is 12.1. The maximum absolute atomic E-state index is 12.1. The first-order valence-electron chi connectivity index (χ1n) is 6.86. The van der Waals surface area contributed by atoms with Crippen molar-refractivity contribution >= 4 is 32.6 Å². The van der Waals surface area contributed by atoms with Crippen molar-refractivity contribution in [3.05, 3.63) is 24.3 Å². The molecule has 1 aliphatic heterocycles. The lowest BCUT2D eigenvalue weighted by molar-refractivity contribution is -0.118. The molecule has 1 aromatic carbocycles. The summed E-state index contributed by atoms with van der Waals surface area (Å²) in [5.41, 5.74) is 0.934. The van der Waals surface area contributed by atoms with E-state index in [2.05, 4.69) is 27.4 Å². The van der Waals surface area contributed by atoms with Crippen LogP contribution in [-0.2, 0) is 4.79 Å². The van der Waals surface area contributed by atoms with E-state index in [9.17, 15) is 4.79 Å². The van der Waals surface area contributed by atoms with Gasteiger partial charge >= 0.3 is 0 Å². The van der Waals surface area contributed by atoms with Crippen molar-refractivity contribution in [2.45, 2.75) is 13.0 Å². The quantitative estimate of drug-likeness (QED) is 0.877. The zero-order valence-corrected chi connectivity index (χ0v) is 12.2. The van der Waals surface area contributed by atoms with Crippen LogP contribution in [0.3, 0.4) is 0 Å². The van der Waals surface area contributed by atoms with E-state index in [1.54, 1.807) is 0 Å². The van der Waals surface area contributed by atoms with Crippen LogP contribution in [0, 0.1) is 0 Å². The van der Waals surface area contributed by atoms with Gasteiger partial charge in [0.1, 0.15) is 0 Å². The van der Waals surface area contributed by atoms with Crippen LogP contribution in [0.25, 0.3) is 10.2 Å². The maximum Gasteiger partial charge on any atom is 0.240 e. The highest BCUT2D eigenvalue weighted by Gasteiger charge is 2.25. The summed E-state index contributed by atoms with van der Waals surface area (Å²) in [7, 11) is 0. The number of carbonyl (C=O) groups is 1. The Morgan fingerprint density at radius 3 is 2.95 bits per heavy atom. The standard InChI is InChI=1S/C14H18N4OS/c1-2-18(10-7-15-8-10)9-13(19)17-14-16-11-5-3-4-6-12(11)20-14/h3-6,10,15H,2,7-9H2,1H3,(H,16,17,19). The molecule has 0 radical (unpaired) electrons. The molecule has 1 aromatic heterocycles. The van der Waals surface area contributed by atoms with E-state index in [4.69, 9.17) is 0 Å². The molecule has 3 rings (SSSR count). The number of rotatable bonds is 5. The smallest absolute Gasteiger partial charge is 0.240 e. The highest BCUT2D eigenvalue weighted by Crippen LogP contribution is 2.25. The van der Waals surface area contributed by atoms with Crippen molar-refractivity contribution in [1.82, 2.24) is 15.2 Å². The van der Waals surface area contributed by atoms with Crippen LogP contribution in [0.4, 0.5) is 5.13 Å². The molecule has 5 nitrogen and oxygen atoms in total. The zero-order chi connectivity index (χ0) is 13.9. The summed E-state index contributed by atoms with van der Waals surface area (Å²) in [6.07, 6.45) is 0. The van der Waals surface area contributed by atoms with Gasteiger partial charge in [-0.2, -0.15) is 0 Å². The highest BCUT2D eigenvalue weighted by atomic mass is 32.1. The SMILES string of the molecule is CCN(CC(=O)Nc1nc2ccccc2s1)C1CNC1. The Bertz CT molecular complexity index is 575. The molecular formula is C14H18N4OS. The van der Waals surface area contributed by atoms with Crippen LogP contribution < -0.4 is 10.6 Å². The molecule has 106 valence electrons. The van der Waals surface area contributed by atoms with Crippen molar-refractivity contribution in [3.63, 3.8) is 0 Å². The van der Waals surface area contributed by atoms with Crippen LogP contribution in [-0.4, -0.2) is 48.0 Å². The lowest BCUT2D eigenvalue weighted by Gasteiger charge is -2.37. The third kappa shape index (κ3) is 2.82. The van der Waals surface area contributed by atoms with Gasteiger partial charge in [-0.05, 0) is 18.7 Å². The number of aromatic nitrogens is 1. The highest BCUT2D eigenvalue weighted by molar-refractivity contribution is 7.22. The van der Waals surface area contributed by atoms with E-state index in [-0.39, 0.29) is 5.91 Å². The molecule has 0 atom stereocenters. The van der Waals surface area contributed by atoms with Gasteiger partial charge in [0, 0.05) is 19.1 Å². The molecule has 1 saturated heterocycles. The summed E-state index contributed by atoms with van der Waals surface area (Å²) in [6, 6.07) is 8.40. The average molecular weight is 290 g/mol. The number of amides is 1. The van der Waals surface area contributed by atoms with Gasteiger partial charge in [0.2, 0.25) is 5.91 Å². The summed E-state index contributed by atoms with van der Waals surface area (Å²) in [5.74, 6) is 0.0119. The van der Waals surface area contributed by atoms with Crippen molar-refractivity contribution in [2.24, 2.45) is 0 Å². The topological polar surface area (TPSA) is 57.3 Å². The van der Waals surface area contributed by atoms with Gasteiger partial charge in [0.25, 0.3) is 0 Å². The van der Waals surface area contributed by atoms with Crippen LogP contribution in [0.1, 0.15) is 6.92 Å². The number of benzene rings is 1. The molecule has 0 bridgehead atoms. The van der Waals surface area contributed by atoms with E-state index >= 15 is 0 Å². The summed E-state index contributed by atoms with van der Waals surface area (Å²) >= 11 is 1.51. The molecule has 2 aromatic rings. The minimum Gasteiger partial charge on any atom is -0.314 e. The predicted octanol–water partition coefficient (Wildman–Crippen LogP) is 1.53. The van der Waals surface area contributed by atoms with Gasteiger partial charge in [-0.15, -0.1) is 0 Å². The predicted molar refractivity (Wildman–Crippen MR) is 82.2 cm³/mol. The second-order valence-electron chi connectivity index (χ2n) is 4.91. The van der Waals surface area contributed by atoms with E-state index in [0.717, 1.165) is 29.9 Å². The number of anilines is 1. The molecule has 1 fully saturated rings. The number of hydrogen-bond donors (Lipinski definition) is 2. The van der Waals surface area contributed by atoms with Crippen molar-refractivity contribution in [2.75, 3.05) is 31.5 Å². The fraction of sp³-hybridized carbons (Fsp3) is 0.429. The fourth-order valence-electron chi connectivity index (χ4n) is 2.30. The number of thiazole rings is 1. The molecule has 0 saturated carbocycles. The summed E-state index contributed by atoms with van der Waals surface area (Å²) in [4.78, 5) is 18.7. The molecule has 2 heterocycles. The van der Waals surface area contributed by atoms with Crippen LogP contribution in [0.2, 0.25) is 0 Å². The van der Waals surface area contributed by atoms with Gasteiger partial charge in [0.05, 0.1) is 16.8 Å². The van der Waals surface area contributed by atoms with Crippen molar-refractivity contribution in [3.8, 4) is 0 Å². The Balaban J connectivity index is 1.62. The molecule has 0 unspecified atom stereocenters. The second kappa shape index (κ2) is 5.87. The first-order chi connectivity index (χ1) is 9.76. The van der Waals surface area contributed by atoms with Gasteiger partial charge in [-0.1, -0.05) is 30.4 Å². The van der Waals surface area contributed by atoms with Gasteiger partial charge in [0.15, 0.2) is 5.13 Å². The van der Waals surface area contributed by atoms with Crippen LogP contribution >= 0.6 is 11.3 Å². The zero-order valence-electron chi connectivity index (χ0n) is 11.4. The minimum atomic E-state index is 0.0119. The molecule has 2 N–H and O–H groups in total. The summed E-state index contributed by atoms with van der Waals surface area (Å²) in [6.45, 7) is 5.35. The third-order valence-corrected chi connectivity index (χ3v) is 4.52. The van der Waals surface area contributed by atoms with E-state index in [0.29, 0.717) is 17.7 Å². The summed E-state index contributed by atoms with van der Waals surface area (Å²) in [5, 5.41) is 6.82. The number of fused-ring (bicyclic) bond motifs is 1. The Labute approximate surface area is 122 Å². The Morgan fingerprint density at radius 2 is 2.30 bits per heavy atom. The lowest BCUT2D eigenvalue weighted by atomic mass is 10.1. The normalized spacial score (nSPS) is 15.5.